The highest BCUT2D eigenvalue weighted by atomic mass is 32.2. The van der Waals surface area contributed by atoms with Crippen molar-refractivity contribution in [2.75, 3.05) is 20.7 Å². The molecule has 2 aromatic heterocycles. The average Bonchev–Trinajstić information content (AvgIpc) is 3.71. The highest BCUT2D eigenvalue weighted by molar-refractivity contribution is 8.26. The summed E-state index contributed by atoms with van der Waals surface area (Å²) in [4.78, 5) is 24.8. The first-order valence-electron chi connectivity index (χ1n) is 11.0. The lowest BCUT2D eigenvalue weighted by atomic mass is 10.0. The number of nitrogens with two attached hydrogens (primary N) is 2. The number of thioether (sulfide) groups is 1. The van der Waals surface area contributed by atoms with Gasteiger partial charge in [-0.15, -0.1) is 0 Å². The van der Waals surface area contributed by atoms with Gasteiger partial charge in [-0.3, -0.25) is 15.2 Å². The maximum Gasteiger partial charge on any atom is 0.281 e. The molecule has 1 amide bonds. The summed E-state index contributed by atoms with van der Waals surface area (Å²) in [6, 6.07) is 2.49. The van der Waals surface area contributed by atoms with E-state index < -0.39 is 18.0 Å². The van der Waals surface area contributed by atoms with Gasteiger partial charge in [0, 0.05) is 42.6 Å². The monoisotopic (exact) mass is 529 g/mol. The molecule has 2 aromatic rings. The first-order chi connectivity index (χ1) is 17.7. The molecule has 3 rings (SSSR count). The number of rotatable bonds is 8. The maximum absolute atomic E-state index is 13.4. The summed E-state index contributed by atoms with van der Waals surface area (Å²) in [5.74, 6) is 5.59. The van der Waals surface area contributed by atoms with Crippen molar-refractivity contribution in [3.05, 3.63) is 47.7 Å². The number of nitrogens with one attached hydrogen (secondary N) is 2. The summed E-state index contributed by atoms with van der Waals surface area (Å²) in [6.45, 7) is 0.0420. The molecule has 0 saturated heterocycles. The molecule has 6 N–H and O–H groups in total. The Morgan fingerprint density at radius 3 is 2.73 bits per heavy atom. The highest BCUT2D eigenvalue weighted by Crippen LogP contribution is 2.36. The van der Waals surface area contributed by atoms with Crippen LogP contribution in [-0.4, -0.2) is 46.8 Å². The van der Waals surface area contributed by atoms with Crippen LogP contribution in [0, 0.1) is 23.2 Å². The number of methoxy groups -OCH3 is 1. The van der Waals surface area contributed by atoms with Crippen LogP contribution in [0.1, 0.15) is 35.3 Å². The quantitative estimate of drug-likeness (QED) is 0.174. The van der Waals surface area contributed by atoms with E-state index in [4.69, 9.17) is 26.4 Å². The summed E-state index contributed by atoms with van der Waals surface area (Å²) < 4.78 is 37.9. The van der Waals surface area contributed by atoms with E-state index in [-0.39, 0.29) is 45.1 Å². The number of nitrogens with zero attached hydrogens (tertiary/aromatic N) is 3. The van der Waals surface area contributed by atoms with Crippen molar-refractivity contribution in [2.45, 2.75) is 19.3 Å². The van der Waals surface area contributed by atoms with E-state index in [2.05, 4.69) is 32.1 Å². The van der Waals surface area contributed by atoms with Gasteiger partial charge in [-0.25, -0.2) is 13.8 Å². The van der Waals surface area contributed by atoms with Gasteiger partial charge in [0.25, 0.3) is 12.3 Å². The van der Waals surface area contributed by atoms with Crippen LogP contribution >= 0.6 is 11.8 Å². The van der Waals surface area contributed by atoms with E-state index in [1.807, 2.05) is 0 Å². The zero-order chi connectivity index (χ0) is 26.9. The summed E-state index contributed by atoms with van der Waals surface area (Å²) in [6.07, 6.45) is 2.98. The topological polar surface area (TPSA) is 162 Å². The second-order valence-corrected chi connectivity index (χ2v) is 8.64. The van der Waals surface area contributed by atoms with Gasteiger partial charge in [0.05, 0.1) is 25.4 Å². The number of alkyl halides is 2. The normalized spacial score (nSPS) is 13.6. The van der Waals surface area contributed by atoms with Crippen LogP contribution in [0.25, 0.3) is 11.1 Å². The van der Waals surface area contributed by atoms with E-state index in [9.17, 15) is 13.6 Å². The Morgan fingerprint density at radius 1 is 1.35 bits per heavy atom. The second-order valence-electron chi connectivity index (χ2n) is 7.61. The van der Waals surface area contributed by atoms with Crippen LogP contribution in [0.3, 0.4) is 0 Å². The molecule has 37 heavy (non-hydrogen) atoms. The van der Waals surface area contributed by atoms with Crippen molar-refractivity contribution >= 4 is 27.9 Å². The third kappa shape index (κ3) is 7.73. The van der Waals surface area contributed by atoms with Crippen molar-refractivity contribution in [2.24, 2.45) is 22.4 Å². The molecule has 0 radical (unpaired) electrons. The molecule has 0 unspecified atom stereocenters. The van der Waals surface area contributed by atoms with E-state index in [1.165, 1.54) is 25.6 Å². The summed E-state index contributed by atoms with van der Waals surface area (Å²) in [7, 11) is 3.00. The number of hydrogen-bond donors (Lipinski definition) is 4. The zero-order valence-electron chi connectivity index (χ0n) is 20.0. The molecular weight excluding hydrogens is 504 g/mol. The standard InChI is InChI=1S/C24H25F2N7O3S/c1-30-10-14(9-27)36-21-8-15(16-7-18(22(25)26)31-12-19(16)35-2)17(11-32-21)23(34)33-24(29)37-20(28)6-5-13-3-4-13/h7-8,10-13,22,28,30H,3-4,9,27H2,1-2H3,(H2,29,33,34)/b14-10+,28-20?. The molecule has 1 saturated carbocycles. The fraction of sp³-hybridized carbons (Fsp3) is 0.292. The minimum Gasteiger partial charge on any atom is -0.494 e. The van der Waals surface area contributed by atoms with Crippen molar-refractivity contribution in [3.8, 4) is 34.6 Å². The number of pyridine rings is 2. The van der Waals surface area contributed by atoms with Gasteiger partial charge in [0.2, 0.25) is 5.88 Å². The average molecular weight is 530 g/mol. The number of aliphatic imine (C=N–C) groups is 1. The molecule has 1 fully saturated rings. The van der Waals surface area contributed by atoms with E-state index in [1.54, 1.807) is 7.05 Å². The molecule has 0 aromatic carbocycles. The van der Waals surface area contributed by atoms with Crippen molar-refractivity contribution in [3.63, 3.8) is 0 Å². The highest BCUT2D eigenvalue weighted by Gasteiger charge is 2.22. The molecule has 194 valence electrons. The van der Waals surface area contributed by atoms with E-state index in [0.29, 0.717) is 11.7 Å². The number of amides is 1. The molecule has 1 aliphatic carbocycles. The zero-order valence-corrected chi connectivity index (χ0v) is 20.9. The lowest BCUT2D eigenvalue weighted by Gasteiger charge is -2.15. The van der Waals surface area contributed by atoms with Crippen LogP contribution < -0.4 is 26.3 Å². The van der Waals surface area contributed by atoms with Crippen molar-refractivity contribution in [1.82, 2.24) is 15.3 Å². The molecule has 0 spiro atoms. The SMILES string of the molecule is CN/C=C(\CN)Oc1cc(-c2cc(C(F)F)ncc2OC)c(C(=O)N=C(N)SC(=N)C#CC2CC2)cn1. The Morgan fingerprint density at radius 2 is 2.11 bits per heavy atom. The Kier molecular flexibility index (Phi) is 9.53. The van der Waals surface area contributed by atoms with Gasteiger partial charge in [-0.05, 0) is 36.6 Å². The fourth-order valence-corrected chi connectivity index (χ4v) is 3.42. The predicted octanol–water partition coefficient (Wildman–Crippen LogP) is 3.07. The maximum atomic E-state index is 13.4. The van der Waals surface area contributed by atoms with Gasteiger partial charge in [0.15, 0.2) is 5.17 Å². The third-order valence-corrected chi connectivity index (χ3v) is 5.47. The minimum atomic E-state index is -2.86. The number of carbonyl (C=O) groups is 1. The molecule has 0 aliphatic heterocycles. The van der Waals surface area contributed by atoms with Crippen molar-refractivity contribution in [1.29, 1.82) is 5.41 Å². The number of aromatic nitrogens is 2. The minimum absolute atomic E-state index is 0.0411. The Balaban J connectivity index is 2.04. The van der Waals surface area contributed by atoms with Gasteiger partial charge < -0.3 is 26.3 Å². The van der Waals surface area contributed by atoms with Crippen LogP contribution in [0.2, 0.25) is 0 Å². The first-order valence-corrected chi connectivity index (χ1v) is 11.8. The Hall–Kier alpha value is -4.02. The Bertz CT molecular complexity index is 1300. The lowest BCUT2D eigenvalue weighted by Crippen LogP contribution is -2.14. The molecular formula is C24H25F2N7O3S. The molecule has 1 aliphatic rings. The number of ether oxygens (including phenoxy) is 2. The van der Waals surface area contributed by atoms with Gasteiger partial charge >= 0.3 is 0 Å². The van der Waals surface area contributed by atoms with Gasteiger partial charge in [-0.1, -0.05) is 5.92 Å². The molecule has 0 atom stereocenters. The number of halogens is 2. The van der Waals surface area contributed by atoms with E-state index >= 15 is 0 Å². The molecule has 2 heterocycles. The van der Waals surface area contributed by atoms with E-state index in [0.717, 1.165) is 36.9 Å². The van der Waals surface area contributed by atoms with Crippen molar-refractivity contribution < 1.29 is 23.0 Å². The van der Waals surface area contributed by atoms with Crippen LogP contribution in [0.4, 0.5) is 8.78 Å². The second kappa shape index (κ2) is 12.8. The summed E-state index contributed by atoms with van der Waals surface area (Å²) in [5.41, 5.74) is 11.2. The Labute approximate surface area is 216 Å². The number of carbonyl (C=O) groups excluding carboxylic acids is 1. The number of hydrogen-bond acceptors (Lipinski definition) is 9. The summed E-state index contributed by atoms with van der Waals surface area (Å²) in [5, 5.41) is 10.4. The van der Waals surface area contributed by atoms with Crippen LogP contribution in [0.15, 0.2) is 41.5 Å². The largest absolute Gasteiger partial charge is 0.494 e. The molecule has 0 bridgehead atoms. The van der Waals surface area contributed by atoms with Gasteiger partial charge in [0.1, 0.15) is 22.2 Å². The van der Waals surface area contributed by atoms with Gasteiger partial charge in [-0.2, -0.15) is 4.99 Å². The predicted molar refractivity (Wildman–Crippen MR) is 138 cm³/mol. The third-order valence-electron chi connectivity index (χ3n) is 4.86. The number of amidine groups is 1. The summed E-state index contributed by atoms with van der Waals surface area (Å²) >= 11 is 0.737. The molecule has 13 heteroatoms. The fourth-order valence-electron chi connectivity index (χ4n) is 2.97. The van der Waals surface area contributed by atoms with Crippen LogP contribution in [0.5, 0.6) is 11.6 Å². The first kappa shape index (κ1) is 27.6. The van der Waals surface area contributed by atoms with Crippen LogP contribution in [-0.2, 0) is 0 Å². The molecule has 10 nitrogen and oxygen atoms in total. The lowest BCUT2D eigenvalue weighted by molar-refractivity contribution is 0.100. The smallest absolute Gasteiger partial charge is 0.281 e.